The standard InChI is InChI=1S/C8H14N4O2S/c1-6-7(12(13)14)8(9)11(10-6)4-3-5-15-2/h3-5,9H2,1-2H3. The van der Waals surface area contributed by atoms with Crippen LogP contribution in [0.3, 0.4) is 0 Å². The van der Waals surface area contributed by atoms with E-state index in [2.05, 4.69) is 5.10 Å². The Balaban J connectivity index is 2.82. The zero-order valence-electron chi connectivity index (χ0n) is 8.77. The van der Waals surface area contributed by atoms with Gasteiger partial charge in [0, 0.05) is 6.54 Å². The van der Waals surface area contributed by atoms with Gasteiger partial charge in [0.1, 0.15) is 5.69 Å². The van der Waals surface area contributed by atoms with Crippen molar-refractivity contribution in [1.82, 2.24) is 9.78 Å². The van der Waals surface area contributed by atoms with Gasteiger partial charge in [-0.1, -0.05) is 0 Å². The zero-order chi connectivity index (χ0) is 11.4. The minimum atomic E-state index is -0.483. The van der Waals surface area contributed by atoms with Crippen molar-refractivity contribution in [2.45, 2.75) is 19.9 Å². The molecule has 0 fully saturated rings. The fourth-order valence-corrected chi connectivity index (χ4v) is 1.76. The quantitative estimate of drug-likeness (QED) is 0.469. The lowest BCUT2D eigenvalue weighted by Crippen LogP contribution is -2.06. The number of nitro groups is 1. The van der Waals surface area contributed by atoms with Gasteiger partial charge >= 0.3 is 5.69 Å². The van der Waals surface area contributed by atoms with E-state index in [0.29, 0.717) is 12.2 Å². The third-order valence-corrected chi connectivity index (χ3v) is 2.73. The van der Waals surface area contributed by atoms with Crippen LogP contribution in [0.2, 0.25) is 0 Å². The maximum atomic E-state index is 10.7. The smallest absolute Gasteiger partial charge is 0.333 e. The van der Waals surface area contributed by atoms with Gasteiger partial charge in [0.15, 0.2) is 0 Å². The highest BCUT2D eigenvalue weighted by atomic mass is 32.2. The van der Waals surface area contributed by atoms with E-state index < -0.39 is 4.92 Å². The molecule has 7 heteroatoms. The number of nitrogens with two attached hydrogens (primary N) is 1. The number of rotatable bonds is 5. The summed E-state index contributed by atoms with van der Waals surface area (Å²) in [7, 11) is 0. The molecule has 2 N–H and O–H groups in total. The molecule has 0 spiro atoms. The number of nitrogens with zero attached hydrogens (tertiary/aromatic N) is 3. The van der Waals surface area contributed by atoms with Crippen molar-refractivity contribution >= 4 is 23.3 Å². The Morgan fingerprint density at radius 2 is 2.33 bits per heavy atom. The Morgan fingerprint density at radius 1 is 1.67 bits per heavy atom. The molecule has 0 atom stereocenters. The maximum absolute atomic E-state index is 10.7. The third-order valence-electron chi connectivity index (χ3n) is 2.04. The van der Waals surface area contributed by atoms with E-state index in [1.54, 1.807) is 18.7 Å². The summed E-state index contributed by atoms with van der Waals surface area (Å²) < 4.78 is 1.50. The van der Waals surface area contributed by atoms with Gasteiger partial charge in [-0.3, -0.25) is 10.1 Å². The third kappa shape index (κ3) is 2.62. The van der Waals surface area contributed by atoms with E-state index >= 15 is 0 Å². The fourth-order valence-electron chi connectivity index (χ4n) is 1.34. The second-order valence-electron chi connectivity index (χ2n) is 3.15. The summed E-state index contributed by atoms with van der Waals surface area (Å²) in [6.07, 6.45) is 2.92. The first-order valence-electron chi connectivity index (χ1n) is 4.54. The van der Waals surface area contributed by atoms with E-state index in [-0.39, 0.29) is 11.5 Å². The molecule has 0 bridgehead atoms. The molecule has 0 unspecified atom stereocenters. The number of aryl methyl sites for hydroxylation is 2. The highest BCUT2D eigenvalue weighted by molar-refractivity contribution is 7.98. The van der Waals surface area contributed by atoms with Crippen molar-refractivity contribution in [2.75, 3.05) is 17.7 Å². The van der Waals surface area contributed by atoms with Gasteiger partial charge in [0.05, 0.1) is 4.92 Å². The van der Waals surface area contributed by atoms with Crippen molar-refractivity contribution in [2.24, 2.45) is 0 Å². The monoisotopic (exact) mass is 230 g/mol. The first kappa shape index (κ1) is 11.8. The van der Waals surface area contributed by atoms with E-state index in [9.17, 15) is 10.1 Å². The Labute approximate surface area is 92.0 Å². The van der Waals surface area contributed by atoms with Gasteiger partial charge in [0.2, 0.25) is 5.82 Å². The summed E-state index contributed by atoms with van der Waals surface area (Å²) in [5.74, 6) is 1.14. The predicted molar refractivity (Wildman–Crippen MR) is 61.0 cm³/mol. The summed E-state index contributed by atoms with van der Waals surface area (Å²) in [6, 6.07) is 0. The van der Waals surface area contributed by atoms with Crippen LogP contribution in [0.4, 0.5) is 11.5 Å². The Bertz CT molecular complexity index is 364. The molecule has 6 nitrogen and oxygen atoms in total. The normalized spacial score (nSPS) is 10.5. The minimum Gasteiger partial charge on any atom is -0.378 e. The number of hydrogen-bond donors (Lipinski definition) is 1. The van der Waals surface area contributed by atoms with Crippen molar-refractivity contribution in [3.8, 4) is 0 Å². The molecule has 1 heterocycles. The molecular formula is C8H14N4O2S. The van der Waals surface area contributed by atoms with Crippen molar-refractivity contribution in [1.29, 1.82) is 0 Å². The van der Waals surface area contributed by atoms with E-state index in [4.69, 9.17) is 5.73 Å². The number of aromatic nitrogens is 2. The second kappa shape index (κ2) is 5.01. The fraction of sp³-hybridized carbons (Fsp3) is 0.625. The average molecular weight is 230 g/mol. The second-order valence-corrected chi connectivity index (χ2v) is 4.13. The first-order chi connectivity index (χ1) is 7.07. The largest absolute Gasteiger partial charge is 0.378 e. The zero-order valence-corrected chi connectivity index (χ0v) is 9.58. The Hall–Kier alpha value is -1.24. The summed E-state index contributed by atoms with van der Waals surface area (Å²) in [5.41, 5.74) is 5.95. The van der Waals surface area contributed by atoms with Crippen molar-refractivity contribution in [3.63, 3.8) is 0 Å². The van der Waals surface area contributed by atoms with Gasteiger partial charge in [-0.05, 0) is 25.4 Å². The molecule has 1 rings (SSSR count). The van der Waals surface area contributed by atoms with Gasteiger partial charge < -0.3 is 5.73 Å². The highest BCUT2D eigenvalue weighted by Gasteiger charge is 2.22. The van der Waals surface area contributed by atoms with Crippen LogP contribution in [0.25, 0.3) is 0 Å². The molecule has 0 amide bonds. The van der Waals surface area contributed by atoms with Crippen LogP contribution in [-0.4, -0.2) is 26.7 Å². The summed E-state index contributed by atoms with van der Waals surface area (Å²) >= 11 is 1.73. The molecule has 1 aromatic rings. The molecule has 0 saturated carbocycles. The van der Waals surface area contributed by atoms with Crippen LogP contribution in [-0.2, 0) is 6.54 Å². The molecular weight excluding hydrogens is 216 g/mol. The van der Waals surface area contributed by atoms with Gasteiger partial charge in [0.25, 0.3) is 0 Å². The number of hydrogen-bond acceptors (Lipinski definition) is 5. The number of anilines is 1. The molecule has 0 radical (unpaired) electrons. The van der Waals surface area contributed by atoms with Gasteiger partial charge in [-0.25, -0.2) is 4.68 Å². The first-order valence-corrected chi connectivity index (χ1v) is 5.93. The summed E-state index contributed by atoms with van der Waals surface area (Å²) in [4.78, 5) is 10.2. The van der Waals surface area contributed by atoms with Crippen LogP contribution >= 0.6 is 11.8 Å². The van der Waals surface area contributed by atoms with E-state index in [1.807, 2.05) is 6.26 Å². The Kier molecular flexibility index (Phi) is 3.96. The number of thioether (sulfide) groups is 1. The molecule has 0 aliphatic heterocycles. The topological polar surface area (TPSA) is 87.0 Å². The van der Waals surface area contributed by atoms with Crippen LogP contribution in [0.1, 0.15) is 12.1 Å². The molecule has 0 aromatic carbocycles. The van der Waals surface area contributed by atoms with E-state index in [1.165, 1.54) is 4.68 Å². The maximum Gasteiger partial charge on any atom is 0.333 e. The lowest BCUT2D eigenvalue weighted by molar-refractivity contribution is -0.384. The van der Waals surface area contributed by atoms with Crippen LogP contribution < -0.4 is 5.73 Å². The van der Waals surface area contributed by atoms with Crippen molar-refractivity contribution in [3.05, 3.63) is 15.8 Å². The Morgan fingerprint density at radius 3 is 2.80 bits per heavy atom. The van der Waals surface area contributed by atoms with Crippen molar-refractivity contribution < 1.29 is 4.92 Å². The highest BCUT2D eigenvalue weighted by Crippen LogP contribution is 2.25. The number of nitrogen functional groups attached to an aromatic ring is 1. The summed E-state index contributed by atoms with van der Waals surface area (Å²) in [5, 5.41) is 14.7. The van der Waals surface area contributed by atoms with Crippen LogP contribution in [0.15, 0.2) is 0 Å². The summed E-state index contributed by atoms with van der Waals surface area (Å²) in [6.45, 7) is 2.22. The minimum absolute atomic E-state index is 0.0702. The van der Waals surface area contributed by atoms with Crippen LogP contribution in [0, 0.1) is 17.0 Å². The molecule has 1 aromatic heterocycles. The lowest BCUT2D eigenvalue weighted by atomic mass is 10.4. The molecule has 0 saturated heterocycles. The van der Waals surface area contributed by atoms with Crippen LogP contribution in [0.5, 0.6) is 0 Å². The van der Waals surface area contributed by atoms with Gasteiger partial charge in [-0.15, -0.1) is 0 Å². The lowest BCUT2D eigenvalue weighted by Gasteiger charge is -2.01. The average Bonchev–Trinajstić information content (AvgIpc) is 2.42. The molecule has 0 aliphatic rings. The SMILES string of the molecule is CSCCCn1nc(C)c([N+](=O)[O-])c1N. The van der Waals surface area contributed by atoms with E-state index in [0.717, 1.165) is 12.2 Å². The molecule has 0 aliphatic carbocycles. The predicted octanol–water partition coefficient (Wildman–Crippen LogP) is 1.44. The van der Waals surface area contributed by atoms with Gasteiger partial charge in [-0.2, -0.15) is 16.9 Å². The molecule has 84 valence electrons. The molecule has 15 heavy (non-hydrogen) atoms.